The molecule has 5 nitrogen and oxygen atoms in total. The lowest BCUT2D eigenvalue weighted by atomic mass is 10.0. The van der Waals surface area contributed by atoms with E-state index in [1.807, 2.05) is 47.7 Å². The number of benzene rings is 8. The number of aromatic nitrogens is 4. The van der Waals surface area contributed by atoms with Gasteiger partial charge in [0.1, 0.15) is 5.58 Å². The van der Waals surface area contributed by atoms with Crippen molar-refractivity contribution < 1.29 is 4.42 Å². The molecule has 266 valence electrons. The molecule has 12 aromatic rings. The summed E-state index contributed by atoms with van der Waals surface area (Å²) in [5, 5.41) is 7.19. The Hall–Kier alpha value is -7.41. The second-order valence-corrected chi connectivity index (χ2v) is 15.4. The van der Waals surface area contributed by atoms with Crippen LogP contribution in [0.2, 0.25) is 0 Å². The fourth-order valence-electron chi connectivity index (χ4n) is 8.39. The average molecular weight is 747 g/mol. The lowest BCUT2D eigenvalue weighted by molar-refractivity contribution is 0.666. The summed E-state index contributed by atoms with van der Waals surface area (Å²) in [6, 6.07) is 63.6. The highest BCUT2D eigenvalue weighted by atomic mass is 32.1. The van der Waals surface area contributed by atoms with Crippen molar-refractivity contribution in [2.75, 3.05) is 0 Å². The maximum Gasteiger partial charge on any atom is 0.164 e. The standard InChI is InChI=1S/C51H30N4OS/c1-3-12-31(13-4-1)32-22-24-34(25-23-32)50-52-49(33-14-5-2-6-15-33)53-51(54-50)35-26-27-36-38-18-11-20-43(47(38)56-44(36)30-35)55-41-19-9-7-17-40(41)46-42(55)29-28-39-37-16-8-10-21-45(37)57-48(39)46/h1-30H. The summed E-state index contributed by atoms with van der Waals surface area (Å²) in [7, 11) is 0. The molecule has 0 atom stereocenters. The van der Waals surface area contributed by atoms with E-state index in [1.54, 1.807) is 0 Å². The summed E-state index contributed by atoms with van der Waals surface area (Å²) in [4.78, 5) is 15.1. The van der Waals surface area contributed by atoms with Crippen LogP contribution in [0.25, 0.3) is 115 Å². The van der Waals surface area contributed by atoms with E-state index in [4.69, 9.17) is 19.4 Å². The third kappa shape index (κ3) is 5.04. The molecule has 4 aromatic heterocycles. The predicted octanol–water partition coefficient (Wildman–Crippen LogP) is 13.9. The minimum absolute atomic E-state index is 0.586. The molecule has 0 N–H and O–H groups in total. The molecule has 0 radical (unpaired) electrons. The van der Waals surface area contributed by atoms with Crippen molar-refractivity contribution in [3.8, 4) is 51.0 Å². The van der Waals surface area contributed by atoms with Gasteiger partial charge in [0.2, 0.25) is 0 Å². The molecule has 0 bridgehead atoms. The zero-order valence-electron chi connectivity index (χ0n) is 30.4. The first-order valence-corrected chi connectivity index (χ1v) is 19.8. The van der Waals surface area contributed by atoms with Crippen molar-refractivity contribution in [1.29, 1.82) is 0 Å². The molecule has 0 unspecified atom stereocenters. The molecule has 0 amide bonds. The van der Waals surface area contributed by atoms with Crippen LogP contribution in [0.3, 0.4) is 0 Å². The fourth-order valence-corrected chi connectivity index (χ4v) is 9.64. The predicted molar refractivity (Wildman–Crippen MR) is 236 cm³/mol. The first-order chi connectivity index (χ1) is 28.2. The van der Waals surface area contributed by atoms with Gasteiger partial charge < -0.3 is 8.98 Å². The topological polar surface area (TPSA) is 56.7 Å². The third-order valence-electron chi connectivity index (χ3n) is 11.1. The summed E-state index contributed by atoms with van der Waals surface area (Å²) in [5.74, 6) is 1.82. The van der Waals surface area contributed by atoms with Crippen LogP contribution in [0.4, 0.5) is 0 Å². The Morgan fingerprint density at radius 1 is 0.404 bits per heavy atom. The lowest BCUT2D eigenvalue weighted by Crippen LogP contribution is -2.00. The highest BCUT2D eigenvalue weighted by Crippen LogP contribution is 2.45. The van der Waals surface area contributed by atoms with Gasteiger partial charge in [0.15, 0.2) is 23.1 Å². The lowest BCUT2D eigenvalue weighted by Gasteiger charge is -2.09. The minimum Gasteiger partial charge on any atom is -0.454 e. The Bertz CT molecular complexity index is 3510. The molecule has 57 heavy (non-hydrogen) atoms. The van der Waals surface area contributed by atoms with Gasteiger partial charge in [-0.2, -0.15) is 0 Å². The second kappa shape index (κ2) is 12.6. The van der Waals surface area contributed by atoms with E-state index in [0.717, 1.165) is 60.9 Å². The largest absolute Gasteiger partial charge is 0.454 e. The van der Waals surface area contributed by atoms with Gasteiger partial charge >= 0.3 is 0 Å². The van der Waals surface area contributed by atoms with Gasteiger partial charge in [0.25, 0.3) is 0 Å². The van der Waals surface area contributed by atoms with Gasteiger partial charge in [-0.05, 0) is 47.5 Å². The fraction of sp³-hybridized carbons (Fsp3) is 0. The summed E-state index contributed by atoms with van der Waals surface area (Å²) >= 11 is 1.87. The molecule has 0 fully saturated rings. The van der Waals surface area contributed by atoms with Gasteiger partial charge in [-0.3, -0.25) is 0 Å². The highest BCUT2D eigenvalue weighted by molar-refractivity contribution is 7.26. The molecule has 0 aliphatic heterocycles. The number of hydrogen-bond donors (Lipinski definition) is 0. The normalized spacial score (nSPS) is 11.9. The van der Waals surface area contributed by atoms with Gasteiger partial charge in [-0.15, -0.1) is 11.3 Å². The molecule has 12 rings (SSSR count). The zero-order valence-corrected chi connectivity index (χ0v) is 31.2. The number of para-hydroxylation sites is 2. The molecule has 0 saturated heterocycles. The van der Waals surface area contributed by atoms with Crippen LogP contribution in [0.15, 0.2) is 186 Å². The summed E-state index contributed by atoms with van der Waals surface area (Å²) in [6.45, 7) is 0. The van der Waals surface area contributed by atoms with Crippen LogP contribution in [-0.2, 0) is 0 Å². The summed E-state index contributed by atoms with van der Waals surface area (Å²) in [5.41, 5.74) is 9.93. The zero-order chi connectivity index (χ0) is 37.5. The Morgan fingerprint density at radius 3 is 1.77 bits per heavy atom. The monoisotopic (exact) mass is 746 g/mol. The van der Waals surface area contributed by atoms with Crippen LogP contribution in [0, 0.1) is 0 Å². The third-order valence-corrected chi connectivity index (χ3v) is 12.3. The Labute approximate surface area is 330 Å². The maximum absolute atomic E-state index is 6.90. The number of furan rings is 1. The van der Waals surface area contributed by atoms with E-state index in [-0.39, 0.29) is 0 Å². The van der Waals surface area contributed by atoms with Crippen molar-refractivity contribution in [2.45, 2.75) is 0 Å². The molecular weight excluding hydrogens is 717 g/mol. The van der Waals surface area contributed by atoms with Crippen molar-refractivity contribution in [2.24, 2.45) is 0 Å². The molecule has 6 heteroatoms. The van der Waals surface area contributed by atoms with E-state index >= 15 is 0 Å². The van der Waals surface area contributed by atoms with Crippen LogP contribution in [-0.4, -0.2) is 19.5 Å². The van der Waals surface area contributed by atoms with E-state index in [0.29, 0.717) is 17.5 Å². The molecule has 0 aliphatic rings. The van der Waals surface area contributed by atoms with E-state index < -0.39 is 0 Å². The maximum atomic E-state index is 6.90. The van der Waals surface area contributed by atoms with Crippen LogP contribution < -0.4 is 0 Å². The van der Waals surface area contributed by atoms with E-state index in [1.165, 1.54) is 36.5 Å². The smallest absolute Gasteiger partial charge is 0.164 e. The van der Waals surface area contributed by atoms with Crippen molar-refractivity contribution in [3.05, 3.63) is 182 Å². The molecular formula is C51H30N4OS. The molecule has 4 heterocycles. The number of hydrogen-bond acceptors (Lipinski definition) is 5. The number of thiophene rings is 1. The minimum atomic E-state index is 0.586. The van der Waals surface area contributed by atoms with Crippen molar-refractivity contribution in [3.63, 3.8) is 0 Å². The molecule has 0 saturated carbocycles. The average Bonchev–Trinajstić information content (AvgIpc) is 3.96. The number of fused-ring (bicyclic) bond motifs is 10. The van der Waals surface area contributed by atoms with Crippen LogP contribution in [0.5, 0.6) is 0 Å². The number of rotatable bonds is 5. The molecule has 0 aliphatic carbocycles. The first-order valence-electron chi connectivity index (χ1n) is 19.0. The highest BCUT2D eigenvalue weighted by Gasteiger charge is 2.21. The number of nitrogens with zero attached hydrogens (tertiary/aromatic N) is 4. The van der Waals surface area contributed by atoms with Gasteiger partial charge in [0, 0.05) is 58.4 Å². The van der Waals surface area contributed by atoms with Gasteiger partial charge in [-0.1, -0.05) is 146 Å². The van der Waals surface area contributed by atoms with Gasteiger partial charge in [-0.25, -0.2) is 15.0 Å². The molecule has 0 spiro atoms. The Balaban J connectivity index is 1.02. The Kier molecular flexibility index (Phi) is 7.03. The quantitative estimate of drug-likeness (QED) is 0.176. The van der Waals surface area contributed by atoms with Crippen molar-refractivity contribution >= 4 is 75.3 Å². The second-order valence-electron chi connectivity index (χ2n) is 14.4. The van der Waals surface area contributed by atoms with E-state index in [9.17, 15) is 0 Å². The summed E-state index contributed by atoms with van der Waals surface area (Å²) in [6.07, 6.45) is 0. The van der Waals surface area contributed by atoms with Crippen molar-refractivity contribution in [1.82, 2.24) is 19.5 Å². The Morgan fingerprint density at radius 2 is 0.982 bits per heavy atom. The van der Waals surface area contributed by atoms with Gasteiger partial charge in [0.05, 0.1) is 16.7 Å². The van der Waals surface area contributed by atoms with E-state index in [2.05, 4.69) is 150 Å². The first kappa shape index (κ1) is 31.9. The van der Waals surface area contributed by atoms with Crippen LogP contribution in [0.1, 0.15) is 0 Å². The molecule has 8 aromatic carbocycles. The van der Waals surface area contributed by atoms with Crippen LogP contribution >= 0.6 is 11.3 Å². The summed E-state index contributed by atoms with van der Waals surface area (Å²) < 4.78 is 11.9. The SMILES string of the molecule is c1ccc(-c2ccc(-c3nc(-c4ccccc4)nc(-c4ccc5c(c4)oc4c(-n6c7ccccc7c7c8sc9ccccc9c8ccc76)cccc45)n3)cc2)cc1.